The first-order chi connectivity index (χ1) is 4.85. The molecule has 0 bridgehead atoms. The van der Waals surface area contributed by atoms with Crippen LogP contribution in [0.1, 0.15) is 40.0 Å². The molecule has 0 saturated heterocycles. The van der Waals surface area contributed by atoms with E-state index in [-0.39, 0.29) is 12.4 Å². The summed E-state index contributed by atoms with van der Waals surface area (Å²) in [5, 5.41) is 0. The van der Waals surface area contributed by atoms with Crippen molar-refractivity contribution in [1.82, 2.24) is 0 Å². The van der Waals surface area contributed by atoms with Crippen molar-refractivity contribution in [2.45, 2.75) is 40.0 Å². The van der Waals surface area contributed by atoms with Gasteiger partial charge in [-0.25, -0.2) is 0 Å². The van der Waals surface area contributed by atoms with Gasteiger partial charge in [0, 0.05) is 0 Å². The van der Waals surface area contributed by atoms with E-state index in [0.717, 1.165) is 10.9 Å². The Kier molecular flexibility index (Phi) is 13.7. The maximum atomic E-state index is 2.30. The summed E-state index contributed by atoms with van der Waals surface area (Å²) in [7, 11) is 0.775. The normalized spacial score (nSPS) is 9.82. The summed E-state index contributed by atoms with van der Waals surface area (Å²) in [5.74, 6) is 4.42. The standard InChI is InChI=1S/C9H21S.ClH/c1-4-7-10(8-5-2)9-6-3;/h4-9H2,1-3H3;1H/q+1;/p-1. The van der Waals surface area contributed by atoms with Crippen molar-refractivity contribution in [3.05, 3.63) is 0 Å². The average molecular weight is 197 g/mol. The zero-order valence-electron chi connectivity index (χ0n) is 8.03. The molecule has 0 nitrogen and oxygen atoms in total. The smallest absolute Gasteiger partial charge is 0.107 e. The minimum Gasteiger partial charge on any atom is -1.00 e. The molecule has 0 spiro atoms. The Hall–Kier alpha value is 0.640. The molecular formula is C9H21ClS. The minimum absolute atomic E-state index is 0. The first kappa shape index (κ1) is 14.2. The highest BCUT2D eigenvalue weighted by Crippen LogP contribution is 2.03. The van der Waals surface area contributed by atoms with Gasteiger partial charge >= 0.3 is 0 Å². The van der Waals surface area contributed by atoms with Crippen LogP contribution < -0.4 is 12.4 Å². The third kappa shape index (κ3) is 8.55. The second kappa shape index (κ2) is 10.6. The molecule has 0 heterocycles. The van der Waals surface area contributed by atoms with E-state index in [4.69, 9.17) is 0 Å². The molecule has 0 aliphatic heterocycles. The van der Waals surface area contributed by atoms with Gasteiger partial charge in [0.05, 0.1) is 0 Å². The summed E-state index contributed by atoms with van der Waals surface area (Å²) in [6.07, 6.45) is 4.13. The molecule has 0 unspecified atom stereocenters. The van der Waals surface area contributed by atoms with Gasteiger partial charge in [-0.15, -0.1) is 0 Å². The van der Waals surface area contributed by atoms with Crippen LogP contribution in [0.25, 0.3) is 0 Å². The van der Waals surface area contributed by atoms with Crippen LogP contribution in [0.2, 0.25) is 0 Å². The van der Waals surface area contributed by atoms with E-state index in [0.29, 0.717) is 0 Å². The summed E-state index contributed by atoms with van der Waals surface area (Å²) >= 11 is 0. The molecule has 70 valence electrons. The fraction of sp³-hybridized carbons (Fsp3) is 1.00. The molecule has 0 aliphatic rings. The molecule has 0 atom stereocenters. The quantitative estimate of drug-likeness (QED) is 0.518. The second-order valence-electron chi connectivity index (χ2n) is 2.72. The molecule has 0 fully saturated rings. The van der Waals surface area contributed by atoms with Crippen molar-refractivity contribution in [3.8, 4) is 0 Å². The summed E-state index contributed by atoms with van der Waals surface area (Å²) in [6.45, 7) is 6.89. The van der Waals surface area contributed by atoms with Gasteiger partial charge in [-0.2, -0.15) is 0 Å². The van der Waals surface area contributed by atoms with Crippen LogP contribution in [-0.2, 0) is 10.9 Å². The van der Waals surface area contributed by atoms with Crippen LogP contribution in [-0.4, -0.2) is 17.3 Å². The van der Waals surface area contributed by atoms with E-state index in [1.54, 1.807) is 0 Å². The van der Waals surface area contributed by atoms with E-state index in [2.05, 4.69) is 20.8 Å². The second-order valence-corrected chi connectivity index (χ2v) is 5.17. The van der Waals surface area contributed by atoms with Gasteiger partial charge < -0.3 is 12.4 Å². The van der Waals surface area contributed by atoms with Gasteiger partial charge in [0.1, 0.15) is 17.3 Å². The first-order valence-corrected chi connectivity index (χ1v) is 6.22. The van der Waals surface area contributed by atoms with E-state index in [1.807, 2.05) is 0 Å². The lowest BCUT2D eigenvalue weighted by molar-refractivity contribution is -0.00000238. The Morgan fingerprint density at radius 3 is 1.18 bits per heavy atom. The van der Waals surface area contributed by atoms with Gasteiger partial charge in [0.25, 0.3) is 0 Å². The predicted molar refractivity (Wildman–Crippen MR) is 52.8 cm³/mol. The Labute approximate surface area is 80.9 Å². The number of hydrogen-bond donors (Lipinski definition) is 0. The van der Waals surface area contributed by atoms with Crippen molar-refractivity contribution in [3.63, 3.8) is 0 Å². The molecule has 0 aromatic rings. The molecule has 0 aromatic heterocycles. The largest absolute Gasteiger partial charge is 1.00 e. The molecule has 0 aromatic carbocycles. The zero-order valence-corrected chi connectivity index (χ0v) is 9.60. The topological polar surface area (TPSA) is 0 Å². The maximum Gasteiger partial charge on any atom is 0.107 e. The van der Waals surface area contributed by atoms with Crippen molar-refractivity contribution in [1.29, 1.82) is 0 Å². The lowest BCUT2D eigenvalue weighted by Crippen LogP contribution is -3.00. The molecule has 2 heteroatoms. The van der Waals surface area contributed by atoms with Crippen LogP contribution in [0.5, 0.6) is 0 Å². The Bertz CT molecular complexity index is 52.3. The third-order valence-electron chi connectivity index (χ3n) is 1.48. The lowest BCUT2D eigenvalue weighted by Gasteiger charge is -2.03. The summed E-state index contributed by atoms with van der Waals surface area (Å²) in [4.78, 5) is 0. The Balaban J connectivity index is 0. The van der Waals surface area contributed by atoms with Gasteiger partial charge in [0.2, 0.25) is 0 Å². The molecule has 0 aliphatic carbocycles. The van der Waals surface area contributed by atoms with Crippen molar-refractivity contribution < 1.29 is 12.4 Å². The summed E-state index contributed by atoms with van der Waals surface area (Å²) in [5.41, 5.74) is 0. The van der Waals surface area contributed by atoms with Crippen LogP contribution in [0.15, 0.2) is 0 Å². The van der Waals surface area contributed by atoms with E-state index < -0.39 is 0 Å². The maximum absolute atomic E-state index is 2.30. The van der Waals surface area contributed by atoms with Gasteiger partial charge in [-0.3, -0.25) is 0 Å². The van der Waals surface area contributed by atoms with Crippen LogP contribution in [0.3, 0.4) is 0 Å². The first-order valence-electron chi connectivity index (χ1n) is 4.49. The average Bonchev–Trinajstić information content (AvgIpc) is 1.90. The number of halogens is 1. The molecule has 0 rings (SSSR count). The van der Waals surface area contributed by atoms with E-state index in [1.165, 1.54) is 36.5 Å². The van der Waals surface area contributed by atoms with Gasteiger partial charge in [0.15, 0.2) is 0 Å². The number of hydrogen-bond acceptors (Lipinski definition) is 0. The fourth-order valence-corrected chi connectivity index (χ4v) is 3.52. The minimum atomic E-state index is 0. The van der Waals surface area contributed by atoms with Crippen molar-refractivity contribution in [2.75, 3.05) is 17.3 Å². The summed E-state index contributed by atoms with van der Waals surface area (Å²) in [6, 6.07) is 0. The molecule has 0 radical (unpaired) electrons. The molecule has 0 N–H and O–H groups in total. The highest BCUT2D eigenvalue weighted by molar-refractivity contribution is 7.96. The summed E-state index contributed by atoms with van der Waals surface area (Å²) < 4.78 is 0. The Morgan fingerprint density at radius 2 is 1.00 bits per heavy atom. The monoisotopic (exact) mass is 196 g/mol. The van der Waals surface area contributed by atoms with Crippen LogP contribution >= 0.6 is 0 Å². The van der Waals surface area contributed by atoms with Crippen LogP contribution in [0, 0.1) is 0 Å². The van der Waals surface area contributed by atoms with E-state index in [9.17, 15) is 0 Å². The SMILES string of the molecule is CCC[S+](CCC)CCC.[Cl-]. The fourth-order valence-electron chi connectivity index (χ4n) is 1.17. The van der Waals surface area contributed by atoms with Gasteiger partial charge in [-0.05, 0) is 30.2 Å². The number of rotatable bonds is 6. The van der Waals surface area contributed by atoms with Crippen molar-refractivity contribution >= 4 is 10.9 Å². The molecular weight excluding hydrogens is 176 g/mol. The highest BCUT2D eigenvalue weighted by atomic mass is 35.5. The lowest BCUT2D eigenvalue weighted by atomic mass is 10.6. The predicted octanol–water partition coefficient (Wildman–Crippen LogP) is -0.161. The highest BCUT2D eigenvalue weighted by Gasteiger charge is 2.12. The van der Waals surface area contributed by atoms with Crippen molar-refractivity contribution in [2.24, 2.45) is 0 Å². The molecule has 0 saturated carbocycles. The van der Waals surface area contributed by atoms with E-state index >= 15 is 0 Å². The molecule has 11 heavy (non-hydrogen) atoms. The third-order valence-corrected chi connectivity index (χ3v) is 4.44. The van der Waals surface area contributed by atoms with Gasteiger partial charge in [-0.1, -0.05) is 20.8 Å². The zero-order chi connectivity index (χ0) is 7.82. The van der Waals surface area contributed by atoms with Crippen LogP contribution in [0.4, 0.5) is 0 Å². The molecule has 0 amide bonds. The Morgan fingerprint density at radius 1 is 0.727 bits per heavy atom.